The van der Waals surface area contributed by atoms with Crippen LogP contribution in [0.5, 0.6) is 5.75 Å². The van der Waals surface area contributed by atoms with Crippen LogP contribution >= 0.6 is 0 Å². The van der Waals surface area contributed by atoms with Crippen LogP contribution in [0.2, 0.25) is 0 Å². The Morgan fingerprint density at radius 1 is 1.12 bits per heavy atom. The average molecular weight is 365 g/mol. The molecule has 0 aliphatic carbocycles. The quantitative estimate of drug-likeness (QED) is 0.633. The topological polar surface area (TPSA) is 73.9 Å². The number of carbonyl (C=O) groups is 2. The number of ether oxygens (including phenoxy) is 3. The number of hydrogen-bond acceptors (Lipinski definition) is 5. The molecule has 1 N–H and O–H groups in total. The number of benzene rings is 1. The Morgan fingerprint density at radius 2 is 1.81 bits per heavy atom. The molecule has 1 rings (SSSR count). The van der Waals surface area contributed by atoms with Crippen molar-refractivity contribution in [2.75, 3.05) is 25.1 Å². The maximum absolute atomic E-state index is 12.8. The monoisotopic (exact) mass is 365 g/mol. The smallest absolute Gasteiger partial charge is 0.341 e. The molecule has 0 saturated carbocycles. The summed E-state index contributed by atoms with van der Waals surface area (Å²) < 4.78 is 16.3. The third-order valence-corrected chi connectivity index (χ3v) is 3.77. The van der Waals surface area contributed by atoms with Gasteiger partial charge in [0.25, 0.3) is 5.91 Å². The van der Waals surface area contributed by atoms with E-state index in [9.17, 15) is 9.59 Å². The summed E-state index contributed by atoms with van der Waals surface area (Å²) in [5.41, 5.74) is -0.157. The first-order valence-corrected chi connectivity index (χ1v) is 9.16. The first-order chi connectivity index (χ1) is 12.3. The summed E-state index contributed by atoms with van der Waals surface area (Å²) in [4.78, 5) is 25.0. The lowest BCUT2D eigenvalue weighted by molar-refractivity contribution is -0.140. The Balaban J connectivity index is 3.09. The molecule has 0 bridgehead atoms. The van der Waals surface area contributed by atoms with Crippen LogP contribution in [0.25, 0.3) is 0 Å². The summed E-state index contributed by atoms with van der Waals surface area (Å²) in [6, 6.07) is 4.93. The van der Waals surface area contributed by atoms with E-state index in [0.29, 0.717) is 37.0 Å². The molecule has 1 atom stereocenters. The highest BCUT2D eigenvalue weighted by atomic mass is 16.5. The highest BCUT2D eigenvalue weighted by Gasteiger charge is 2.34. The molecule has 0 aromatic heterocycles. The first kappa shape index (κ1) is 22.0. The lowest BCUT2D eigenvalue weighted by Gasteiger charge is -2.30. The van der Waals surface area contributed by atoms with Crippen LogP contribution in [-0.4, -0.2) is 37.3 Å². The standard InChI is InChI=1S/C20H31NO5/c1-7-24-17-11-10-15(12-16(17)18(22)25-8-2)21-19(23)20(6,26-9-3)13-14(4)5/h10-12,14H,7-9,13H2,1-6H3,(H,21,23)/t20-/m1/s1. The number of amides is 1. The Morgan fingerprint density at radius 3 is 2.35 bits per heavy atom. The minimum absolute atomic E-state index is 0.244. The minimum atomic E-state index is -0.939. The summed E-state index contributed by atoms with van der Waals surface area (Å²) in [5, 5.41) is 2.85. The Bertz CT molecular complexity index is 614. The van der Waals surface area contributed by atoms with Gasteiger partial charge in [-0.2, -0.15) is 0 Å². The predicted molar refractivity (Wildman–Crippen MR) is 102 cm³/mol. The molecule has 26 heavy (non-hydrogen) atoms. The highest BCUT2D eigenvalue weighted by molar-refractivity contribution is 5.99. The fraction of sp³-hybridized carbons (Fsp3) is 0.600. The van der Waals surface area contributed by atoms with Gasteiger partial charge in [-0.3, -0.25) is 4.79 Å². The number of esters is 1. The molecule has 0 fully saturated rings. The molecule has 0 spiro atoms. The van der Waals surface area contributed by atoms with Crippen molar-refractivity contribution in [3.8, 4) is 5.75 Å². The van der Waals surface area contributed by atoms with Crippen molar-refractivity contribution >= 4 is 17.6 Å². The summed E-state index contributed by atoms with van der Waals surface area (Å²) >= 11 is 0. The van der Waals surface area contributed by atoms with E-state index in [1.807, 2.05) is 27.7 Å². The van der Waals surface area contributed by atoms with Gasteiger partial charge in [0.2, 0.25) is 0 Å². The summed E-state index contributed by atoms with van der Waals surface area (Å²) in [6.07, 6.45) is 0.592. The zero-order valence-corrected chi connectivity index (χ0v) is 16.7. The molecule has 0 aliphatic rings. The van der Waals surface area contributed by atoms with Crippen LogP contribution in [0, 0.1) is 5.92 Å². The Labute approximate surface area is 156 Å². The van der Waals surface area contributed by atoms with Crippen molar-refractivity contribution in [1.82, 2.24) is 0 Å². The number of carbonyl (C=O) groups excluding carboxylic acids is 2. The molecule has 0 aliphatic heterocycles. The maximum Gasteiger partial charge on any atom is 0.341 e. The second kappa shape index (κ2) is 10.2. The molecule has 1 amide bonds. The van der Waals surface area contributed by atoms with Gasteiger partial charge in [0.05, 0.1) is 13.2 Å². The van der Waals surface area contributed by atoms with Gasteiger partial charge < -0.3 is 19.5 Å². The molecule has 146 valence electrons. The van der Waals surface area contributed by atoms with Crippen LogP contribution in [0.1, 0.15) is 58.3 Å². The van der Waals surface area contributed by atoms with Gasteiger partial charge in [-0.05, 0) is 58.2 Å². The predicted octanol–water partition coefficient (Wildman–Crippen LogP) is 4.04. The third-order valence-electron chi connectivity index (χ3n) is 3.77. The van der Waals surface area contributed by atoms with Gasteiger partial charge in [-0.1, -0.05) is 13.8 Å². The Kier molecular flexibility index (Phi) is 8.58. The van der Waals surface area contributed by atoms with Crippen molar-refractivity contribution in [3.63, 3.8) is 0 Å². The normalized spacial score (nSPS) is 13.2. The molecule has 6 heteroatoms. The molecule has 0 radical (unpaired) electrons. The largest absolute Gasteiger partial charge is 0.493 e. The van der Waals surface area contributed by atoms with Gasteiger partial charge in [0, 0.05) is 12.3 Å². The fourth-order valence-corrected chi connectivity index (χ4v) is 2.84. The molecule has 0 saturated heterocycles. The number of nitrogens with one attached hydrogen (secondary N) is 1. The van der Waals surface area contributed by atoms with E-state index >= 15 is 0 Å². The van der Waals surface area contributed by atoms with Crippen molar-refractivity contribution in [1.29, 1.82) is 0 Å². The average Bonchev–Trinajstić information content (AvgIpc) is 2.56. The van der Waals surface area contributed by atoms with Crippen LogP contribution in [-0.2, 0) is 14.3 Å². The second-order valence-corrected chi connectivity index (χ2v) is 6.58. The van der Waals surface area contributed by atoms with Crippen molar-refractivity contribution < 1.29 is 23.8 Å². The van der Waals surface area contributed by atoms with Crippen LogP contribution in [0.4, 0.5) is 5.69 Å². The lowest BCUT2D eigenvalue weighted by atomic mass is 9.93. The van der Waals surface area contributed by atoms with E-state index in [-0.39, 0.29) is 18.1 Å². The molecule has 0 heterocycles. The zero-order chi connectivity index (χ0) is 19.7. The van der Waals surface area contributed by atoms with Crippen molar-refractivity contribution in [3.05, 3.63) is 23.8 Å². The zero-order valence-electron chi connectivity index (χ0n) is 16.7. The molecular weight excluding hydrogens is 334 g/mol. The van der Waals surface area contributed by atoms with Gasteiger partial charge in [-0.15, -0.1) is 0 Å². The van der Waals surface area contributed by atoms with Crippen molar-refractivity contribution in [2.45, 2.75) is 53.6 Å². The maximum atomic E-state index is 12.8. The van der Waals surface area contributed by atoms with Gasteiger partial charge in [0.15, 0.2) is 0 Å². The molecule has 1 aromatic rings. The third kappa shape index (κ3) is 6.02. The van der Waals surface area contributed by atoms with E-state index < -0.39 is 11.6 Å². The summed E-state index contributed by atoms with van der Waals surface area (Å²) in [6.45, 7) is 12.4. The van der Waals surface area contributed by atoms with E-state index in [1.165, 1.54) is 0 Å². The van der Waals surface area contributed by atoms with E-state index in [4.69, 9.17) is 14.2 Å². The van der Waals surface area contributed by atoms with Crippen molar-refractivity contribution in [2.24, 2.45) is 5.92 Å². The van der Waals surface area contributed by atoms with Gasteiger partial charge in [0.1, 0.15) is 16.9 Å². The summed E-state index contributed by atoms with van der Waals surface area (Å²) in [5.74, 6) is 0.000223. The van der Waals surface area contributed by atoms with E-state index in [1.54, 1.807) is 32.0 Å². The summed E-state index contributed by atoms with van der Waals surface area (Å²) in [7, 11) is 0. The molecular formula is C20H31NO5. The number of anilines is 1. The van der Waals surface area contributed by atoms with E-state index in [2.05, 4.69) is 5.32 Å². The van der Waals surface area contributed by atoms with Crippen LogP contribution < -0.4 is 10.1 Å². The Hall–Kier alpha value is -2.08. The minimum Gasteiger partial charge on any atom is -0.493 e. The second-order valence-electron chi connectivity index (χ2n) is 6.58. The first-order valence-electron chi connectivity index (χ1n) is 9.16. The van der Waals surface area contributed by atoms with Crippen LogP contribution in [0.15, 0.2) is 18.2 Å². The van der Waals surface area contributed by atoms with Crippen LogP contribution in [0.3, 0.4) is 0 Å². The highest BCUT2D eigenvalue weighted by Crippen LogP contribution is 2.27. The molecule has 6 nitrogen and oxygen atoms in total. The molecule has 1 aromatic carbocycles. The molecule has 0 unspecified atom stereocenters. The van der Waals surface area contributed by atoms with E-state index in [0.717, 1.165) is 0 Å². The SMILES string of the molecule is CCOC(=O)c1cc(NC(=O)[C@@](C)(CC(C)C)OCC)ccc1OCC. The fourth-order valence-electron chi connectivity index (χ4n) is 2.84. The number of hydrogen-bond donors (Lipinski definition) is 1. The van der Waals surface area contributed by atoms with Gasteiger partial charge >= 0.3 is 5.97 Å². The van der Waals surface area contributed by atoms with Gasteiger partial charge in [-0.25, -0.2) is 4.79 Å². The number of rotatable bonds is 10. The lowest BCUT2D eigenvalue weighted by Crippen LogP contribution is -2.44.